The van der Waals surface area contributed by atoms with Crippen molar-refractivity contribution < 1.29 is 9.53 Å². The molecule has 0 bridgehead atoms. The van der Waals surface area contributed by atoms with Crippen LogP contribution in [-0.4, -0.2) is 59.9 Å². The molecular weight excluding hydrogens is 350 g/mol. The van der Waals surface area contributed by atoms with E-state index in [0.29, 0.717) is 23.1 Å². The predicted octanol–water partition coefficient (Wildman–Crippen LogP) is 2.64. The van der Waals surface area contributed by atoms with Gasteiger partial charge in [-0.05, 0) is 45.3 Å². The maximum atomic E-state index is 13.0. The van der Waals surface area contributed by atoms with Crippen LogP contribution in [0.3, 0.4) is 0 Å². The molecule has 0 N–H and O–H groups in total. The first kappa shape index (κ1) is 18.3. The van der Waals surface area contributed by atoms with Crippen molar-refractivity contribution in [2.24, 2.45) is 7.05 Å². The van der Waals surface area contributed by atoms with Crippen LogP contribution in [0, 0.1) is 0 Å². The number of anilines is 1. The van der Waals surface area contributed by atoms with Gasteiger partial charge in [0, 0.05) is 19.8 Å². The van der Waals surface area contributed by atoms with E-state index in [1.54, 1.807) is 36.0 Å². The molecule has 2 aromatic heterocycles. The Hall–Kier alpha value is -2.45. The van der Waals surface area contributed by atoms with E-state index in [0.717, 1.165) is 23.2 Å². The number of carbonyl (C=O) groups is 1. The quantitative estimate of drug-likeness (QED) is 0.637. The van der Waals surface area contributed by atoms with E-state index in [9.17, 15) is 4.79 Å². The molecule has 1 amide bonds. The zero-order chi connectivity index (χ0) is 18.7. The highest BCUT2D eigenvalue weighted by Gasteiger charge is 2.23. The molecule has 3 aromatic rings. The van der Waals surface area contributed by atoms with Gasteiger partial charge >= 0.3 is 0 Å². The van der Waals surface area contributed by atoms with Crippen molar-refractivity contribution in [3.05, 3.63) is 36.2 Å². The van der Waals surface area contributed by atoms with Gasteiger partial charge in [-0.25, -0.2) is 4.98 Å². The summed E-state index contributed by atoms with van der Waals surface area (Å²) in [7, 11) is 7.47. The summed E-state index contributed by atoms with van der Waals surface area (Å²) in [6.45, 7) is 1.47. The van der Waals surface area contributed by atoms with Crippen LogP contribution in [0.25, 0.3) is 10.2 Å². The number of fused-ring (bicyclic) bond motifs is 1. The summed E-state index contributed by atoms with van der Waals surface area (Å²) in [5.41, 5.74) is 1.20. The highest BCUT2D eigenvalue weighted by molar-refractivity contribution is 7.22. The summed E-state index contributed by atoms with van der Waals surface area (Å²) < 4.78 is 8.02. The Balaban J connectivity index is 1.95. The van der Waals surface area contributed by atoms with Gasteiger partial charge in [0.05, 0.1) is 11.8 Å². The number of carbonyl (C=O) groups excluding carboxylic acids is 1. The lowest BCUT2D eigenvalue weighted by Gasteiger charge is -2.20. The first-order chi connectivity index (χ1) is 12.5. The van der Waals surface area contributed by atoms with Crippen LogP contribution in [-0.2, 0) is 7.05 Å². The minimum Gasteiger partial charge on any atom is -0.494 e. The van der Waals surface area contributed by atoms with Crippen molar-refractivity contribution in [3.63, 3.8) is 0 Å². The van der Waals surface area contributed by atoms with Gasteiger partial charge in [0.2, 0.25) is 0 Å². The van der Waals surface area contributed by atoms with Gasteiger partial charge in [0.25, 0.3) is 5.91 Å². The van der Waals surface area contributed by atoms with E-state index < -0.39 is 0 Å². The molecule has 0 atom stereocenters. The van der Waals surface area contributed by atoms with Gasteiger partial charge in [-0.1, -0.05) is 17.4 Å². The van der Waals surface area contributed by atoms with E-state index in [1.165, 1.54) is 11.3 Å². The highest BCUT2D eigenvalue weighted by atomic mass is 32.1. The van der Waals surface area contributed by atoms with Gasteiger partial charge in [0.15, 0.2) is 10.8 Å². The number of hydrogen-bond donors (Lipinski definition) is 0. The van der Waals surface area contributed by atoms with Crippen LogP contribution >= 0.6 is 11.3 Å². The lowest BCUT2D eigenvalue weighted by Crippen LogP contribution is -2.33. The number of ether oxygens (including phenoxy) is 1. The fourth-order valence-corrected chi connectivity index (χ4v) is 3.70. The molecule has 0 fully saturated rings. The topological polar surface area (TPSA) is 63.5 Å². The number of para-hydroxylation sites is 1. The smallest absolute Gasteiger partial charge is 0.280 e. The zero-order valence-corrected chi connectivity index (χ0v) is 16.3. The van der Waals surface area contributed by atoms with Crippen molar-refractivity contribution >= 4 is 32.6 Å². The lowest BCUT2D eigenvalue weighted by atomic mass is 10.3. The summed E-state index contributed by atoms with van der Waals surface area (Å²) in [5, 5.41) is 4.92. The fraction of sp³-hybridized carbons (Fsp3) is 0.389. The van der Waals surface area contributed by atoms with Crippen molar-refractivity contribution in [2.75, 3.05) is 39.2 Å². The lowest BCUT2D eigenvalue weighted by molar-refractivity contribution is 0.0980. The molecule has 0 saturated carbocycles. The van der Waals surface area contributed by atoms with Crippen LogP contribution in [0.4, 0.5) is 5.13 Å². The summed E-state index contributed by atoms with van der Waals surface area (Å²) in [4.78, 5) is 21.5. The maximum absolute atomic E-state index is 13.0. The molecule has 0 aliphatic carbocycles. The van der Waals surface area contributed by atoms with Gasteiger partial charge < -0.3 is 9.64 Å². The predicted molar refractivity (Wildman–Crippen MR) is 104 cm³/mol. The van der Waals surface area contributed by atoms with Crippen LogP contribution < -0.4 is 9.64 Å². The van der Waals surface area contributed by atoms with Crippen molar-refractivity contribution in [1.82, 2.24) is 19.7 Å². The van der Waals surface area contributed by atoms with E-state index in [2.05, 4.69) is 15.0 Å². The molecule has 8 heteroatoms. The Labute approximate surface area is 156 Å². The monoisotopic (exact) mass is 373 g/mol. The molecular formula is C18H23N5O2S. The normalized spacial score (nSPS) is 11.3. The zero-order valence-electron chi connectivity index (χ0n) is 15.5. The third-order valence-electron chi connectivity index (χ3n) is 3.99. The van der Waals surface area contributed by atoms with E-state index in [4.69, 9.17) is 4.74 Å². The van der Waals surface area contributed by atoms with Crippen molar-refractivity contribution in [3.8, 4) is 5.75 Å². The second kappa shape index (κ2) is 7.84. The van der Waals surface area contributed by atoms with Crippen LogP contribution in [0.1, 0.15) is 16.9 Å². The second-order valence-electron chi connectivity index (χ2n) is 6.29. The maximum Gasteiger partial charge on any atom is 0.280 e. The van der Waals surface area contributed by atoms with Gasteiger partial charge in [-0.2, -0.15) is 5.10 Å². The molecule has 0 radical (unpaired) electrons. The fourth-order valence-electron chi connectivity index (χ4n) is 2.69. The number of nitrogens with zero attached hydrogens (tertiary/aromatic N) is 5. The molecule has 0 spiro atoms. The Bertz CT molecular complexity index is 902. The van der Waals surface area contributed by atoms with Crippen molar-refractivity contribution in [1.29, 1.82) is 0 Å². The Kier molecular flexibility index (Phi) is 5.53. The summed E-state index contributed by atoms with van der Waals surface area (Å²) in [6.07, 6.45) is 2.62. The van der Waals surface area contributed by atoms with Gasteiger partial charge in [-0.3, -0.25) is 14.4 Å². The van der Waals surface area contributed by atoms with Crippen LogP contribution in [0.2, 0.25) is 0 Å². The average molecular weight is 373 g/mol. The average Bonchev–Trinajstić information content (AvgIpc) is 3.23. The minimum absolute atomic E-state index is 0.137. The molecule has 26 heavy (non-hydrogen) atoms. The molecule has 2 heterocycles. The summed E-state index contributed by atoms with van der Waals surface area (Å²) in [5.74, 6) is 0.575. The molecule has 7 nitrogen and oxygen atoms in total. The highest BCUT2D eigenvalue weighted by Crippen LogP contribution is 2.34. The Morgan fingerprint density at radius 3 is 2.73 bits per heavy atom. The first-order valence-corrected chi connectivity index (χ1v) is 9.21. The summed E-state index contributed by atoms with van der Waals surface area (Å²) >= 11 is 1.49. The van der Waals surface area contributed by atoms with Crippen LogP contribution in [0.15, 0.2) is 30.5 Å². The number of methoxy groups -OCH3 is 1. The third kappa shape index (κ3) is 3.86. The Morgan fingerprint density at radius 1 is 1.27 bits per heavy atom. The van der Waals surface area contributed by atoms with E-state index >= 15 is 0 Å². The number of aryl methyl sites for hydroxylation is 1. The molecule has 0 aliphatic rings. The third-order valence-corrected chi connectivity index (χ3v) is 5.03. The number of amides is 1. The Morgan fingerprint density at radius 2 is 2.08 bits per heavy atom. The standard InChI is InChI=1S/C18H23N5O2S/c1-21(2)10-6-11-23(17(24)13-9-12-22(3)20-13)18-19-16-14(25-4)7-5-8-15(16)26-18/h5,7-9,12H,6,10-11H2,1-4H3. The first-order valence-electron chi connectivity index (χ1n) is 8.39. The number of thiazole rings is 1. The summed E-state index contributed by atoms with van der Waals surface area (Å²) in [6, 6.07) is 7.53. The van der Waals surface area contributed by atoms with E-state index in [-0.39, 0.29) is 5.91 Å². The van der Waals surface area contributed by atoms with Crippen LogP contribution in [0.5, 0.6) is 5.75 Å². The van der Waals surface area contributed by atoms with Gasteiger partial charge in [0.1, 0.15) is 11.3 Å². The SMILES string of the molecule is COc1cccc2sc(N(CCCN(C)C)C(=O)c3ccn(C)n3)nc12. The molecule has 0 unspecified atom stereocenters. The van der Waals surface area contributed by atoms with Crippen molar-refractivity contribution in [2.45, 2.75) is 6.42 Å². The van der Waals surface area contributed by atoms with E-state index in [1.807, 2.05) is 32.3 Å². The largest absolute Gasteiger partial charge is 0.494 e. The number of rotatable bonds is 7. The molecule has 138 valence electrons. The number of benzene rings is 1. The second-order valence-corrected chi connectivity index (χ2v) is 7.30. The van der Waals surface area contributed by atoms with Gasteiger partial charge in [-0.15, -0.1) is 0 Å². The minimum atomic E-state index is -0.137. The molecule has 3 rings (SSSR count). The number of aromatic nitrogens is 3. The molecule has 0 aliphatic heterocycles. The number of hydrogen-bond acceptors (Lipinski definition) is 6. The molecule has 1 aromatic carbocycles. The molecule has 0 saturated heterocycles.